The van der Waals surface area contributed by atoms with Crippen LogP contribution in [-0.4, -0.2) is 29.3 Å². The van der Waals surface area contributed by atoms with Crippen molar-refractivity contribution in [2.75, 3.05) is 13.2 Å². The van der Waals surface area contributed by atoms with Crippen LogP contribution >= 0.6 is 0 Å². The van der Waals surface area contributed by atoms with Gasteiger partial charge in [0.25, 0.3) is 5.69 Å². The lowest BCUT2D eigenvalue weighted by Gasteiger charge is -2.14. The minimum Gasteiger partial charge on any atom is -0.490 e. The molecule has 6 heteroatoms. The summed E-state index contributed by atoms with van der Waals surface area (Å²) < 4.78 is 10.9. The largest absolute Gasteiger partial charge is 0.490 e. The average molecular weight is 303 g/mol. The second-order valence-electron chi connectivity index (χ2n) is 4.80. The van der Waals surface area contributed by atoms with Crippen molar-refractivity contribution in [1.82, 2.24) is 0 Å². The van der Waals surface area contributed by atoms with Crippen molar-refractivity contribution in [2.45, 2.75) is 13.0 Å². The number of para-hydroxylation sites is 1. The smallest absolute Gasteiger partial charge is 0.273 e. The number of benzene rings is 2. The summed E-state index contributed by atoms with van der Waals surface area (Å²) in [6.07, 6.45) is -0.834. The summed E-state index contributed by atoms with van der Waals surface area (Å²) in [5.74, 6) is 1.04. The Labute approximate surface area is 128 Å². The molecule has 0 aliphatic rings. The van der Waals surface area contributed by atoms with Crippen LogP contribution < -0.4 is 9.47 Å². The molecular weight excluding hydrogens is 286 g/mol. The Morgan fingerprint density at radius 3 is 2.59 bits per heavy atom. The molecule has 1 N–H and O–H groups in total. The van der Waals surface area contributed by atoms with Crippen LogP contribution in [0, 0.1) is 17.0 Å². The number of nitrogens with zero attached hydrogens (tertiary/aromatic N) is 1. The number of aliphatic hydroxyl groups is 1. The summed E-state index contributed by atoms with van der Waals surface area (Å²) >= 11 is 0. The Balaban J connectivity index is 1.83. The standard InChI is InChI=1S/C16H17NO5/c1-12-5-2-3-8-16(12)22-11-14(18)10-21-15-7-4-6-13(9-15)17(19)20/h2-9,14,18H,10-11H2,1H3. The molecule has 0 fully saturated rings. The van der Waals surface area contributed by atoms with Crippen LogP contribution in [0.15, 0.2) is 48.5 Å². The number of ether oxygens (including phenoxy) is 2. The second-order valence-corrected chi connectivity index (χ2v) is 4.80. The first kappa shape index (κ1) is 15.8. The summed E-state index contributed by atoms with van der Waals surface area (Å²) in [5.41, 5.74) is 0.928. The molecule has 116 valence electrons. The molecule has 0 spiro atoms. The zero-order chi connectivity index (χ0) is 15.9. The zero-order valence-corrected chi connectivity index (χ0v) is 12.1. The molecule has 1 unspecified atom stereocenters. The molecule has 0 bridgehead atoms. The molecule has 22 heavy (non-hydrogen) atoms. The number of rotatable bonds is 7. The predicted octanol–water partition coefficient (Wildman–Crippen LogP) is 2.72. The average Bonchev–Trinajstić information content (AvgIpc) is 2.52. The van der Waals surface area contributed by atoms with Gasteiger partial charge in [0, 0.05) is 6.07 Å². The first-order chi connectivity index (χ1) is 10.6. The van der Waals surface area contributed by atoms with E-state index in [1.165, 1.54) is 18.2 Å². The highest BCUT2D eigenvalue weighted by Gasteiger charge is 2.10. The number of nitro groups is 1. The van der Waals surface area contributed by atoms with Gasteiger partial charge in [-0.1, -0.05) is 24.3 Å². The highest BCUT2D eigenvalue weighted by molar-refractivity contribution is 5.38. The number of non-ortho nitro benzene ring substituents is 1. The zero-order valence-electron chi connectivity index (χ0n) is 12.1. The highest BCUT2D eigenvalue weighted by atomic mass is 16.6. The molecule has 0 aliphatic heterocycles. The van der Waals surface area contributed by atoms with Crippen LogP contribution in [0.3, 0.4) is 0 Å². The van der Waals surface area contributed by atoms with Crippen LogP contribution in [-0.2, 0) is 0 Å². The van der Waals surface area contributed by atoms with Gasteiger partial charge in [-0.05, 0) is 24.6 Å². The Morgan fingerprint density at radius 1 is 1.14 bits per heavy atom. The topological polar surface area (TPSA) is 81.8 Å². The fraction of sp³-hybridized carbons (Fsp3) is 0.250. The Morgan fingerprint density at radius 2 is 1.86 bits per heavy atom. The fourth-order valence-electron chi connectivity index (χ4n) is 1.83. The van der Waals surface area contributed by atoms with E-state index in [0.29, 0.717) is 11.5 Å². The van der Waals surface area contributed by atoms with Gasteiger partial charge in [-0.3, -0.25) is 10.1 Å². The summed E-state index contributed by atoms with van der Waals surface area (Å²) in [7, 11) is 0. The molecule has 0 amide bonds. The normalized spacial score (nSPS) is 11.7. The molecular formula is C16H17NO5. The van der Waals surface area contributed by atoms with Crippen molar-refractivity contribution in [3.63, 3.8) is 0 Å². The molecule has 0 aliphatic carbocycles. The lowest BCUT2D eigenvalue weighted by molar-refractivity contribution is -0.384. The third-order valence-corrected chi connectivity index (χ3v) is 3.00. The molecule has 0 radical (unpaired) electrons. The van der Waals surface area contributed by atoms with E-state index in [2.05, 4.69) is 0 Å². The van der Waals surface area contributed by atoms with Crippen molar-refractivity contribution < 1.29 is 19.5 Å². The lowest BCUT2D eigenvalue weighted by Crippen LogP contribution is -2.25. The van der Waals surface area contributed by atoms with Crippen molar-refractivity contribution in [3.8, 4) is 11.5 Å². The van der Waals surface area contributed by atoms with E-state index in [0.717, 1.165) is 5.56 Å². The molecule has 6 nitrogen and oxygen atoms in total. The van der Waals surface area contributed by atoms with Gasteiger partial charge in [0.15, 0.2) is 0 Å². The molecule has 0 saturated carbocycles. The molecule has 0 heterocycles. The number of aryl methyl sites for hydroxylation is 1. The summed E-state index contributed by atoms with van der Waals surface area (Å²) in [4.78, 5) is 10.2. The van der Waals surface area contributed by atoms with Gasteiger partial charge in [0.2, 0.25) is 0 Å². The third-order valence-electron chi connectivity index (χ3n) is 3.00. The number of hydrogen-bond acceptors (Lipinski definition) is 5. The molecule has 0 saturated heterocycles. The minimum absolute atomic E-state index is 0.00690. The Bertz CT molecular complexity index is 644. The maximum absolute atomic E-state index is 10.7. The number of nitro benzene ring substituents is 1. The predicted molar refractivity (Wildman–Crippen MR) is 81.3 cm³/mol. The summed E-state index contributed by atoms with van der Waals surface area (Å²) in [5, 5.41) is 20.5. The van der Waals surface area contributed by atoms with Crippen molar-refractivity contribution in [1.29, 1.82) is 0 Å². The van der Waals surface area contributed by atoms with E-state index in [4.69, 9.17) is 9.47 Å². The summed E-state index contributed by atoms with van der Waals surface area (Å²) in [6, 6.07) is 13.3. The molecule has 2 aromatic carbocycles. The van der Waals surface area contributed by atoms with Crippen LogP contribution in [0.1, 0.15) is 5.56 Å². The van der Waals surface area contributed by atoms with Gasteiger partial charge in [0.1, 0.15) is 30.8 Å². The van der Waals surface area contributed by atoms with Gasteiger partial charge in [0.05, 0.1) is 11.0 Å². The van der Waals surface area contributed by atoms with Gasteiger partial charge in [-0.25, -0.2) is 0 Å². The fourth-order valence-corrected chi connectivity index (χ4v) is 1.83. The van der Waals surface area contributed by atoms with Gasteiger partial charge in [-0.2, -0.15) is 0 Å². The molecule has 0 aromatic heterocycles. The van der Waals surface area contributed by atoms with Crippen LogP contribution in [0.5, 0.6) is 11.5 Å². The monoisotopic (exact) mass is 303 g/mol. The van der Waals surface area contributed by atoms with E-state index in [1.54, 1.807) is 6.07 Å². The maximum Gasteiger partial charge on any atom is 0.273 e. The number of hydrogen-bond donors (Lipinski definition) is 1. The van der Waals surface area contributed by atoms with E-state index in [-0.39, 0.29) is 18.9 Å². The van der Waals surface area contributed by atoms with E-state index in [1.807, 2.05) is 31.2 Å². The molecule has 2 rings (SSSR count). The number of aliphatic hydroxyl groups excluding tert-OH is 1. The van der Waals surface area contributed by atoms with Crippen LogP contribution in [0.25, 0.3) is 0 Å². The lowest BCUT2D eigenvalue weighted by atomic mass is 10.2. The highest BCUT2D eigenvalue weighted by Crippen LogP contribution is 2.19. The van der Waals surface area contributed by atoms with Crippen molar-refractivity contribution >= 4 is 5.69 Å². The van der Waals surface area contributed by atoms with Crippen molar-refractivity contribution in [3.05, 3.63) is 64.2 Å². The maximum atomic E-state index is 10.7. The second kappa shape index (κ2) is 7.42. The van der Waals surface area contributed by atoms with Gasteiger partial charge in [-0.15, -0.1) is 0 Å². The van der Waals surface area contributed by atoms with E-state index < -0.39 is 11.0 Å². The van der Waals surface area contributed by atoms with Gasteiger partial charge >= 0.3 is 0 Å². The summed E-state index contributed by atoms with van der Waals surface area (Å²) in [6.45, 7) is 1.99. The Hall–Kier alpha value is -2.60. The third kappa shape index (κ3) is 4.46. The first-order valence-corrected chi connectivity index (χ1v) is 6.80. The van der Waals surface area contributed by atoms with E-state index >= 15 is 0 Å². The minimum atomic E-state index is -0.834. The van der Waals surface area contributed by atoms with Crippen LogP contribution in [0.2, 0.25) is 0 Å². The quantitative estimate of drug-likeness (QED) is 0.628. The van der Waals surface area contributed by atoms with Gasteiger partial charge < -0.3 is 14.6 Å². The van der Waals surface area contributed by atoms with E-state index in [9.17, 15) is 15.2 Å². The van der Waals surface area contributed by atoms with Crippen LogP contribution in [0.4, 0.5) is 5.69 Å². The van der Waals surface area contributed by atoms with Crippen molar-refractivity contribution in [2.24, 2.45) is 0 Å². The SMILES string of the molecule is Cc1ccccc1OCC(O)COc1cccc([N+](=O)[O-])c1. The Kier molecular flexibility index (Phi) is 5.32. The molecule has 2 aromatic rings. The first-order valence-electron chi connectivity index (χ1n) is 6.80. The molecule has 1 atom stereocenters.